The third kappa shape index (κ3) is 2.04. The van der Waals surface area contributed by atoms with Crippen molar-refractivity contribution < 1.29 is 9.53 Å². The normalized spacial score (nSPS) is 29.8. The van der Waals surface area contributed by atoms with Crippen LogP contribution < -0.4 is 5.32 Å². The van der Waals surface area contributed by atoms with Gasteiger partial charge in [0.25, 0.3) is 0 Å². The Morgan fingerprint density at radius 1 is 1.59 bits per heavy atom. The molecule has 5 heteroatoms. The van der Waals surface area contributed by atoms with Gasteiger partial charge in [-0.25, -0.2) is 4.79 Å². The number of carbonyl (C=O) groups excluding carboxylic acids is 1. The second kappa shape index (κ2) is 3.70. The van der Waals surface area contributed by atoms with Crippen molar-refractivity contribution in [3.63, 3.8) is 0 Å². The number of amides is 2. The first kappa shape index (κ1) is 12.4. The zero-order valence-electron chi connectivity index (χ0n) is 11.0. The highest BCUT2D eigenvalue weighted by Crippen LogP contribution is 2.40. The smallest absolute Gasteiger partial charge is 0.323 e. The summed E-state index contributed by atoms with van der Waals surface area (Å²) >= 11 is 0. The minimum Gasteiger partial charge on any atom is -0.379 e. The van der Waals surface area contributed by atoms with Crippen LogP contribution in [0.2, 0.25) is 0 Å². The van der Waals surface area contributed by atoms with Gasteiger partial charge in [-0.05, 0) is 33.6 Å². The number of hydrogen-bond acceptors (Lipinski definition) is 3. The average molecular weight is 239 g/mol. The summed E-state index contributed by atoms with van der Waals surface area (Å²) in [6.45, 7) is 5.92. The van der Waals surface area contributed by atoms with Gasteiger partial charge in [-0.3, -0.25) is 10.7 Å². The maximum Gasteiger partial charge on any atom is 0.323 e. The summed E-state index contributed by atoms with van der Waals surface area (Å²) < 4.78 is 5.43. The van der Waals surface area contributed by atoms with Gasteiger partial charge in [0, 0.05) is 19.6 Å². The van der Waals surface area contributed by atoms with Gasteiger partial charge in [-0.2, -0.15) is 0 Å². The first-order chi connectivity index (χ1) is 7.80. The lowest BCUT2D eigenvalue weighted by molar-refractivity contribution is -0.00967. The number of amidine groups is 1. The molecule has 1 heterocycles. The van der Waals surface area contributed by atoms with Gasteiger partial charge in [0.1, 0.15) is 11.4 Å². The number of nitrogens with one attached hydrogen (secondary N) is 2. The van der Waals surface area contributed by atoms with E-state index in [0.29, 0.717) is 18.3 Å². The molecule has 1 aliphatic heterocycles. The molecular formula is C12H21N3O2. The minimum absolute atomic E-state index is 0.132. The molecule has 96 valence electrons. The lowest BCUT2D eigenvalue weighted by atomic mass is 9.86. The van der Waals surface area contributed by atoms with Crippen LogP contribution in [-0.2, 0) is 4.74 Å². The van der Waals surface area contributed by atoms with Crippen LogP contribution in [0, 0.1) is 5.41 Å². The molecule has 0 aromatic carbocycles. The maximum atomic E-state index is 11.9. The molecule has 1 unspecified atom stereocenters. The molecule has 1 saturated heterocycles. The van der Waals surface area contributed by atoms with Crippen molar-refractivity contribution in [1.82, 2.24) is 10.2 Å². The molecule has 17 heavy (non-hydrogen) atoms. The summed E-state index contributed by atoms with van der Waals surface area (Å²) in [6.07, 6.45) is 2.72. The molecule has 2 rings (SSSR count). The van der Waals surface area contributed by atoms with E-state index in [1.54, 1.807) is 7.11 Å². The van der Waals surface area contributed by atoms with E-state index in [1.807, 2.05) is 25.7 Å². The van der Waals surface area contributed by atoms with E-state index in [-0.39, 0.29) is 11.6 Å². The number of urea groups is 1. The topological polar surface area (TPSA) is 65.4 Å². The molecule has 0 aromatic rings. The summed E-state index contributed by atoms with van der Waals surface area (Å²) in [7, 11) is 1.67. The van der Waals surface area contributed by atoms with Crippen LogP contribution in [0.25, 0.3) is 0 Å². The molecular weight excluding hydrogens is 218 g/mol. The highest BCUT2D eigenvalue weighted by atomic mass is 16.5. The highest BCUT2D eigenvalue weighted by molar-refractivity contribution is 6.08. The van der Waals surface area contributed by atoms with Crippen LogP contribution in [0.3, 0.4) is 0 Å². The van der Waals surface area contributed by atoms with Crippen molar-refractivity contribution in [3.05, 3.63) is 0 Å². The molecule has 2 fully saturated rings. The second-order valence-electron chi connectivity index (χ2n) is 5.82. The Labute approximate surface area is 102 Å². The third-order valence-corrected chi connectivity index (χ3v) is 3.76. The van der Waals surface area contributed by atoms with Gasteiger partial charge in [0.05, 0.1) is 5.60 Å². The van der Waals surface area contributed by atoms with E-state index < -0.39 is 5.54 Å². The van der Waals surface area contributed by atoms with E-state index >= 15 is 0 Å². The van der Waals surface area contributed by atoms with E-state index in [2.05, 4.69) is 5.32 Å². The van der Waals surface area contributed by atoms with Gasteiger partial charge in [0.2, 0.25) is 0 Å². The van der Waals surface area contributed by atoms with Gasteiger partial charge in [-0.15, -0.1) is 0 Å². The predicted octanol–water partition coefficient (Wildman–Crippen LogP) is 1.73. The Kier molecular flexibility index (Phi) is 2.69. The lowest BCUT2D eigenvalue weighted by Crippen LogP contribution is -2.52. The average Bonchev–Trinajstić information content (AvgIpc) is 2.98. The minimum atomic E-state index is -0.558. The maximum absolute atomic E-state index is 11.9. The molecule has 1 saturated carbocycles. The fourth-order valence-electron chi connectivity index (χ4n) is 2.62. The summed E-state index contributed by atoms with van der Waals surface area (Å²) in [5.41, 5.74) is -0.905. The Morgan fingerprint density at radius 3 is 2.65 bits per heavy atom. The molecule has 2 amide bonds. The monoisotopic (exact) mass is 239 g/mol. The molecule has 5 nitrogen and oxygen atoms in total. The van der Waals surface area contributed by atoms with Gasteiger partial charge in [0.15, 0.2) is 0 Å². The zero-order valence-corrected chi connectivity index (χ0v) is 11.0. The van der Waals surface area contributed by atoms with Crippen LogP contribution in [0.4, 0.5) is 4.79 Å². The van der Waals surface area contributed by atoms with Crippen molar-refractivity contribution in [2.75, 3.05) is 7.11 Å². The Bertz CT molecular complexity index is 363. The number of hydrogen-bond donors (Lipinski definition) is 2. The van der Waals surface area contributed by atoms with Crippen molar-refractivity contribution in [3.8, 4) is 0 Å². The van der Waals surface area contributed by atoms with E-state index in [1.165, 1.54) is 0 Å². The van der Waals surface area contributed by atoms with Crippen molar-refractivity contribution in [2.24, 2.45) is 0 Å². The third-order valence-electron chi connectivity index (χ3n) is 3.76. The summed E-state index contributed by atoms with van der Waals surface area (Å²) in [5.74, 6) is 0.291. The standard InChI is InChI=1S/C12H21N3O2/c1-11(2,17-4)7-12(3)9(13)14-10(16)15(12)8-5-6-8/h8H,5-7H2,1-4H3,(H2,13,14,16). The SMILES string of the molecule is COC(C)(C)CC1(C)C(=N)NC(=O)N1C1CC1. The van der Waals surface area contributed by atoms with Crippen molar-refractivity contribution in [2.45, 2.75) is 57.2 Å². The lowest BCUT2D eigenvalue weighted by Gasteiger charge is -2.39. The fraction of sp³-hybridized carbons (Fsp3) is 0.833. The summed E-state index contributed by atoms with van der Waals surface area (Å²) in [4.78, 5) is 13.7. The summed E-state index contributed by atoms with van der Waals surface area (Å²) in [5, 5.41) is 10.7. The van der Waals surface area contributed by atoms with Crippen molar-refractivity contribution >= 4 is 11.9 Å². The molecule has 0 bridgehead atoms. The van der Waals surface area contributed by atoms with Gasteiger partial charge >= 0.3 is 6.03 Å². The van der Waals surface area contributed by atoms with Crippen LogP contribution in [0.5, 0.6) is 0 Å². The van der Waals surface area contributed by atoms with E-state index in [4.69, 9.17) is 10.1 Å². The number of carbonyl (C=O) groups is 1. The van der Waals surface area contributed by atoms with Crippen LogP contribution in [-0.4, -0.2) is 41.1 Å². The predicted molar refractivity (Wildman–Crippen MR) is 65.2 cm³/mol. The second-order valence-corrected chi connectivity index (χ2v) is 5.82. The van der Waals surface area contributed by atoms with Crippen LogP contribution >= 0.6 is 0 Å². The Morgan fingerprint density at radius 2 is 2.18 bits per heavy atom. The first-order valence-electron chi connectivity index (χ1n) is 6.05. The van der Waals surface area contributed by atoms with E-state index in [0.717, 1.165) is 12.8 Å². The quantitative estimate of drug-likeness (QED) is 0.784. The Hall–Kier alpha value is -1.10. The Balaban J connectivity index is 2.25. The zero-order chi connectivity index (χ0) is 12.8. The molecule has 2 N–H and O–H groups in total. The highest BCUT2D eigenvalue weighted by Gasteiger charge is 2.54. The van der Waals surface area contributed by atoms with Crippen molar-refractivity contribution in [1.29, 1.82) is 5.41 Å². The molecule has 1 atom stereocenters. The summed E-state index contributed by atoms with van der Waals surface area (Å²) in [6, 6.07) is 0.169. The molecule has 1 aliphatic carbocycles. The number of methoxy groups -OCH3 is 1. The largest absolute Gasteiger partial charge is 0.379 e. The molecule has 0 radical (unpaired) electrons. The molecule has 2 aliphatic rings. The van der Waals surface area contributed by atoms with E-state index in [9.17, 15) is 4.79 Å². The van der Waals surface area contributed by atoms with Crippen LogP contribution in [0.15, 0.2) is 0 Å². The van der Waals surface area contributed by atoms with Crippen LogP contribution in [0.1, 0.15) is 40.0 Å². The fourth-order valence-corrected chi connectivity index (χ4v) is 2.62. The van der Waals surface area contributed by atoms with Gasteiger partial charge in [-0.1, -0.05) is 0 Å². The molecule has 0 aromatic heterocycles. The number of ether oxygens (including phenoxy) is 1. The number of rotatable bonds is 4. The first-order valence-corrected chi connectivity index (χ1v) is 6.05. The molecule has 0 spiro atoms. The van der Waals surface area contributed by atoms with Gasteiger partial charge < -0.3 is 9.64 Å². The number of nitrogens with zero attached hydrogens (tertiary/aromatic N) is 1.